The molecule has 1 aliphatic heterocycles. The summed E-state index contributed by atoms with van der Waals surface area (Å²) in [7, 11) is 1.84. The lowest BCUT2D eigenvalue weighted by atomic mass is 9.77. The van der Waals surface area contributed by atoms with Gasteiger partial charge in [0.25, 0.3) is 0 Å². The van der Waals surface area contributed by atoms with Gasteiger partial charge in [-0.2, -0.15) is 0 Å². The van der Waals surface area contributed by atoms with Crippen LogP contribution in [0.25, 0.3) is 0 Å². The molecule has 1 aliphatic carbocycles. The van der Waals surface area contributed by atoms with Gasteiger partial charge in [-0.1, -0.05) is 6.92 Å². The van der Waals surface area contributed by atoms with Crippen molar-refractivity contribution < 1.29 is 4.74 Å². The molecule has 0 aromatic rings. The first-order valence-electron chi connectivity index (χ1n) is 7.18. The topological polar surface area (TPSA) is 38.5 Å². The SMILES string of the molecule is COC1CCCC(CN)(N2CCCC(C)C2)C1. The molecule has 3 unspecified atom stereocenters. The Morgan fingerprint density at radius 2 is 2.18 bits per heavy atom. The van der Waals surface area contributed by atoms with Crippen molar-refractivity contribution in [2.75, 3.05) is 26.7 Å². The zero-order valence-electron chi connectivity index (χ0n) is 11.5. The molecule has 3 nitrogen and oxygen atoms in total. The average molecular weight is 240 g/mol. The van der Waals surface area contributed by atoms with Crippen molar-refractivity contribution in [2.24, 2.45) is 11.7 Å². The summed E-state index contributed by atoms with van der Waals surface area (Å²) in [5, 5.41) is 0. The molecular formula is C14H28N2O. The molecule has 2 aliphatic rings. The maximum Gasteiger partial charge on any atom is 0.0589 e. The number of nitrogens with zero attached hydrogens (tertiary/aromatic N) is 1. The molecular weight excluding hydrogens is 212 g/mol. The zero-order chi connectivity index (χ0) is 12.3. The fraction of sp³-hybridized carbons (Fsp3) is 1.00. The summed E-state index contributed by atoms with van der Waals surface area (Å²) < 4.78 is 5.58. The molecule has 0 amide bonds. The monoisotopic (exact) mass is 240 g/mol. The van der Waals surface area contributed by atoms with Crippen LogP contribution in [0.5, 0.6) is 0 Å². The Morgan fingerprint density at radius 3 is 2.82 bits per heavy atom. The molecule has 2 rings (SSSR count). The van der Waals surface area contributed by atoms with Crippen molar-refractivity contribution in [3.05, 3.63) is 0 Å². The van der Waals surface area contributed by atoms with E-state index in [2.05, 4.69) is 11.8 Å². The molecule has 3 atom stereocenters. The molecule has 0 aromatic heterocycles. The minimum atomic E-state index is 0.230. The number of nitrogens with two attached hydrogens (primary N) is 1. The Kier molecular flexibility index (Phi) is 4.45. The van der Waals surface area contributed by atoms with Crippen molar-refractivity contribution in [1.29, 1.82) is 0 Å². The van der Waals surface area contributed by atoms with Crippen molar-refractivity contribution in [3.8, 4) is 0 Å². The van der Waals surface area contributed by atoms with Gasteiger partial charge in [0.1, 0.15) is 0 Å². The van der Waals surface area contributed by atoms with E-state index in [1.54, 1.807) is 0 Å². The second kappa shape index (κ2) is 5.68. The second-order valence-electron chi connectivity index (χ2n) is 6.08. The highest BCUT2D eigenvalue weighted by Gasteiger charge is 2.41. The molecule has 2 N–H and O–H groups in total. The molecule has 2 fully saturated rings. The number of ether oxygens (including phenoxy) is 1. The highest BCUT2D eigenvalue weighted by atomic mass is 16.5. The molecule has 1 heterocycles. The summed E-state index contributed by atoms with van der Waals surface area (Å²) in [6.45, 7) is 5.62. The average Bonchev–Trinajstić information content (AvgIpc) is 2.38. The number of piperidine rings is 1. The van der Waals surface area contributed by atoms with Crippen LogP contribution in [0.1, 0.15) is 45.4 Å². The van der Waals surface area contributed by atoms with Gasteiger partial charge in [-0.25, -0.2) is 0 Å². The van der Waals surface area contributed by atoms with Crippen LogP contribution in [0.4, 0.5) is 0 Å². The highest BCUT2D eigenvalue weighted by Crippen LogP contribution is 2.36. The molecule has 0 radical (unpaired) electrons. The van der Waals surface area contributed by atoms with Crippen LogP contribution in [0.2, 0.25) is 0 Å². The lowest BCUT2D eigenvalue weighted by Gasteiger charge is -2.50. The first-order chi connectivity index (χ1) is 8.20. The Hall–Kier alpha value is -0.120. The first kappa shape index (κ1) is 13.3. The fourth-order valence-corrected chi connectivity index (χ4v) is 3.71. The van der Waals surface area contributed by atoms with Crippen LogP contribution in [0.15, 0.2) is 0 Å². The standard InChI is InChI=1S/C14H28N2O/c1-12-5-4-8-16(10-12)14(11-15)7-3-6-13(9-14)17-2/h12-13H,3-11,15H2,1-2H3. The Labute approximate surface area is 106 Å². The summed E-state index contributed by atoms with van der Waals surface area (Å²) in [5.74, 6) is 0.829. The Morgan fingerprint density at radius 1 is 1.35 bits per heavy atom. The van der Waals surface area contributed by atoms with E-state index in [9.17, 15) is 0 Å². The molecule has 1 saturated carbocycles. The van der Waals surface area contributed by atoms with Crippen LogP contribution in [0.3, 0.4) is 0 Å². The maximum absolute atomic E-state index is 6.13. The summed E-state index contributed by atoms with van der Waals surface area (Å²) in [6, 6.07) is 0. The van der Waals surface area contributed by atoms with Gasteiger partial charge in [-0.05, 0) is 51.0 Å². The van der Waals surface area contributed by atoms with E-state index in [1.807, 2.05) is 7.11 Å². The summed E-state index contributed by atoms with van der Waals surface area (Å²) in [5.41, 5.74) is 6.36. The van der Waals surface area contributed by atoms with E-state index in [1.165, 1.54) is 45.2 Å². The number of hydrogen-bond donors (Lipinski definition) is 1. The summed E-state index contributed by atoms with van der Waals surface area (Å²) in [6.07, 6.45) is 8.00. The van der Waals surface area contributed by atoms with E-state index in [0.717, 1.165) is 18.9 Å². The second-order valence-corrected chi connectivity index (χ2v) is 6.08. The number of methoxy groups -OCH3 is 1. The lowest BCUT2D eigenvalue weighted by Crippen LogP contribution is -2.59. The van der Waals surface area contributed by atoms with Crippen LogP contribution in [-0.2, 0) is 4.74 Å². The van der Waals surface area contributed by atoms with Crippen LogP contribution < -0.4 is 5.73 Å². The number of rotatable bonds is 3. The van der Waals surface area contributed by atoms with Gasteiger partial charge in [0.15, 0.2) is 0 Å². The zero-order valence-corrected chi connectivity index (χ0v) is 11.5. The molecule has 0 bridgehead atoms. The van der Waals surface area contributed by atoms with Gasteiger partial charge in [0.05, 0.1) is 6.10 Å². The predicted molar refractivity (Wildman–Crippen MR) is 71.0 cm³/mol. The number of likely N-dealkylation sites (tertiary alicyclic amines) is 1. The minimum absolute atomic E-state index is 0.230. The van der Waals surface area contributed by atoms with Gasteiger partial charge < -0.3 is 10.5 Å². The van der Waals surface area contributed by atoms with Gasteiger partial charge in [-0.15, -0.1) is 0 Å². The Balaban J connectivity index is 2.06. The molecule has 1 saturated heterocycles. The summed E-state index contributed by atoms with van der Waals surface area (Å²) in [4.78, 5) is 2.67. The van der Waals surface area contributed by atoms with Gasteiger partial charge in [-0.3, -0.25) is 4.90 Å². The quantitative estimate of drug-likeness (QED) is 0.820. The van der Waals surface area contributed by atoms with Gasteiger partial charge >= 0.3 is 0 Å². The van der Waals surface area contributed by atoms with Crippen molar-refractivity contribution >= 4 is 0 Å². The largest absolute Gasteiger partial charge is 0.381 e. The smallest absolute Gasteiger partial charge is 0.0589 e. The minimum Gasteiger partial charge on any atom is -0.381 e. The summed E-state index contributed by atoms with van der Waals surface area (Å²) >= 11 is 0. The van der Waals surface area contributed by atoms with Crippen molar-refractivity contribution in [1.82, 2.24) is 4.90 Å². The molecule has 3 heteroatoms. The molecule has 0 spiro atoms. The third-order valence-electron chi connectivity index (χ3n) is 4.82. The van der Waals surface area contributed by atoms with Crippen molar-refractivity contribution in [3.63, 3.8) is 0 Å². The van der Waals surface area contributed by atoms with E-state index >= 15 is 0 Å². The Bertz CT molecular complexity index is 246. The predicted octanol–water partition coefficient (Wildman–Crippen LogP) is 2.00. The van der Waals surface area contributed by atoms with Crippen LogP contribution in [-0.4, -0.2) is 43.3 Å². The van der Waals surface area contributed by atoms with E-state index in [0.29, 0.717) is 6.10 Å². The van der Waals surface area contributed by atoms with E-state index in [-0.39, 0.29) is 5.54 Å². The van der Waals surface area contributed by atoms with Gasteiger partial charge in [0, 0.05) is 25.7 Å². The van der Waals surface area contributed by atoms with E-state index in [4.69, 9.17) is 10.5 Å². The van der Waals surface area contributed by atoms with E-state index < -0.39 is 0 Å². The molecule has 17 heavy (non-hydrogen) atoms. The molecule has 0 aromatic carbocycles. The van der Waals surface area contributed by atoms with Crippen LogP contribution >= 0.6 is 0 Å². The maximum atomic E-state index is 6.13. The normalized spacial score (nSPS) is 40.4. The van der Waals surface area contributed by atoms with Gasteiger partial charge in [0.2, 0.25) is 0 Å². The number of hydrogen-bond acceptors (Lipinski definition) is 3. The third kappa shape index (κ3) is 2.83. The first-order valence-corrected chi connectivity index (χ1v) is 7.18. The molecule has 100 valence electrons. The highest BCUT2D eigenvalue weighted by molar-refractivity contribution is 4.98. The van der Waals surface area contributed by atoms with Crippen molar-refractivity contribution in [2.45, 2.75) is 57.1 Å². The fourth-order valence-electron chi connectivity index (χ4n) is 3.71. The third-order valence-corrected chi connectivity index (χ3v) is 4.82. The lowest BCUT2D eigenvalue weighted by molar-refractivity contribution is -0.0362. The van der Waals surface area contributed by atoms with Crippen LogP contribution in [0, 0.1) is 5.92 Å².